The van der Waals surface area contributed by atoms with Crippen LogP contribution < -0.4 is 5.73 Å². The van der Waals surface area contributed by atoms with E-state index in [0.29, 0.717) is 6.04 Å². The second-order valence-electron chi connectivity index (χ2n) is 5.15. The lowest BCUT2D eigenvalue weighted by Crippen LogP contribution is -2.49. The number of nitrogens with two attached hydrogens (primary N) is 1. The van der Waals surface area contributed by atoms with Gasteiger partial charge in [-0.1, -0.05) is 6.92 Å². The van der Waals surface area contributed by atoms with Crippen LogP contribution in [0.5, 0.6) is 0 Å². The summed E-state index contributed by atoms with van der Waals surface area (Å²) in [5.41, 5.74) is 7.21. The van der Waals surface area contributed by atoms with Crippen LogP contribution in [0.2, 0.25) is 0 Å². The number of aryl methyl sites for hydroxylation is 1. The van der Waals surface area contributed by atoms with Gasteiger partial charge in [-0.15, -0.1) is 0 Å². The molecule has 17 heavy (non-hydrogen) atoms. The number of aromatic nitrogens is 2. The van der Waals surface area contributed by atoms with Crippen LogP contribution >= 0.6 is 0 Å². The molecule has 2 unspecified atom stereocenters. The molecule has 1 aliphatic rings. The highest BCUT2D eigenvalue weighted by molar-refractivity contribution is 5.01. The van der Waals surface area contributed by atoms with Crippen molar-refractivity contribution < 1.29 is 0 Å². The lowest BCUT2D eigenvalue weighted by molar-refractivity contribution is 0.107. The summed E-state index contributed by atoms with van der Waals surface area (Å²) in [6.07, 6.45) is 5.57. The predicted octanol–water partition coefficient (Wildman–Crippen LogP) is 1.02. The Hall–Kier alpha value is -0.870. The van der Waals surface area contributed by atoms with Crippen molar-refractivity contribution >= 4 is 0 Å². The van der Waals surface area contributed by atoms with Crippen LogP contribution in [0, 0.1) is 5.92 Å². The summed E-state index contributed by atoms with van der Waals surface area (Å²) >= 11 is 0. The van der Waals surface area contributed by atoms with E-state index >= 15 is 0 Å². The minimum atomic E-state index is 0.567. The predicted molar refractivity (Wildman–Crippen MR) is 69.7 cm³/mol. The van der Waals surface area contributed by atoms with Crippen molar-refractivity contribution in [2.24, 2.45) is 18.7 Å². The number of nitrogens with zero attached hydrogens (tertiary/aromatic N) is 3. The van der Waals surface area contributed by atoms with Gasteiger partial charge in [-0.3, -0.25) is 9.58 Å². The van der Waals surface area contributed by atoms with Gasteiger partial charge >= 0.3 is 0 Å². The first-order valence-corrected chi connectivity index (χ1v) is 6.63. The van der Waals surface area contributed by atoms with E-state index in [2.05, 4.69) is 23.0 Å². The third-order valence-electron chi connectivity index (χ3n) is 4.05. The Morgan fingerprint density at radius 1 is 1.53 bits per heavy atom. The molecule has 0 aliphatic carbocycles. The van der Waals surface area contributed by atoms with Crippen LogP contribution in [0.4, 0.5) is 0 Å². The first-order chi connectivity index (χ1) is 8.22. The van der Waals surface area contributed by atoms with Crippen molar-refractivity contribution in [1.82, 2.24) is 14.7 Å². The number of hydrogen-bond acceptors (Lipinski definition) is 3. The standard InChI is InChI=1S/C13H24N4/c1-11-4-3-8-17(13(11)10-14)9-6-12-5-7-15-16(12)2/h5,7,11,13H,3-4,6,8-10,14H2,1-2H3. The van der Waals surface area contributed by atoms with Crippen LogP contribution in [0.3, 0.4) is 0 Å². The molecule has 0 spiro atoms. The molecular weight excluding hydrogens is 212 g/mol. The zero-order valence-corrected chi connectivity index (χ0v) is 11.0. The lowest BCUT2D eigenvalue weighted by atomic mass is 9.90. The first kappa shape index (κ1) is 12.6. The summed E-state index contributed by atoms with van der Waals surface area (Å²) in [7, 11) is 2.01. The summed E-state index contributed by atoms with van der Waals surface area (Å²) in [4.78, 5) is 2.56. The van der Waals surface area contributed by atoms with Gasteiger partial charge in [0.25, 0.3) is 0 Å². The van der Waals surface area contributed by atoms with Crippen molar-refractivity contribution in [3.05, 3.63) is 18.0 Å². The summed E-state index contributed by atoms with van der Waals surface area (Å²) in [5, 5.41) is 4.21. The van der Waals surface area contributed by atoms with Gasteiger partial charge in [-0.25, -0.2) is 0 Å². The summed E-state index contributed by atoms with van der Waals surface area (Å²) < 4.78 is 1.96. The van der Waals surface area contributed by atoms with Crippen molar-refractivity contribution in [3.8, 4) is 0 Å². The Bertz CT molecular complexity index is 347. The normalized spacial score (nSPS) is 26.3. The monoisotopic (exact) mass is 236 g/mol. The van der Waals surface area contributed by atoms with Gasteiger partial charge in [0.05, 0.1) is 0 Å². The number of hydrogen-bond donors (Lipinski definition) is 1. The van der Waals surface area contributed by atoms with E-state index in [9.17, 15) is 0 Å². The van der Waals surface area contributed by atoms with Crippen molar-refractivity contribution in [2.45, 2.75) is 32.2 Å². The molecule has 0 aromatic carbocycles. The minimum absolute atomic E-state index is 0.567. The maximum Gasteiger partial charge on any atom is 0.0492 e. The van der Waals surface area contributed by atoms with Crippen molar-refractivity contribution in [1.29, 1.82) is 0 Å². The van der Waals surface area contributed by atoms with Crippen LogP contribution in [0.25, 0.3) is 0 Å². The van der Waals surface area contributed by atoms with Crippen molar-refractivity contribution in [2.75, 3.05) is 19.6 Å². The maximum absolute atomic E-state index is 5.90. The van der Waals surface area contributed by atoms with Gasteiger partial charge in [-0.05, 0) is 31.4 Å². The molecule has 2 heterocycles. The summed E-state index contributed by atoms with van der Waals surface area (Å²) in [6.45, 7) is 5.41. The minimum Gasteiger partial charge on any atom is -0.329 e. The molecule has 4 nitrogen and oxygen atoms in total. The van der Waals surface area contributed by atoms with Gasteiger partial charge in [0.15, 0.2) is 0 Å². The Morgan fingerprint density at radius 3 is 3.00 bits per heavy atom. The highest BCUT2D eigenvalue weighted by atomic mass is 15.3. The van der Waals surface area contributed by atoms with Gasteiger partial charge in [0.2, 0.25) is 0 Å². The molecule has 1 aromatic heterocycles. The van der Waals surface area contributed by atoms with E-state index in [4.69, 9.17) is 5.73 Å². The molecule has 0 radical (unpaired) electrons. The molecule has 0 saturated carbocycles. The SMILES string of the molecule is CC1CCCN(CCc2ccnn2C)C1CN. The highest BCUT2D eigenvalue weighted by Gasteiger charge is 2.26. The smallest absolute Gasteiger partial charge is 0.0492 e. The molecule has 1 saturated heterocycles. The Morgan fingerprint density at radius 2 is 2.35 bits per heavy atom. The van der Waals surface area contributed by atoms with Gasteiger partial charge < -0.3 is 5.73 Å². The second-order valence-corrected chi connectivity index (χ2v) is 5.15. The molecule has 0 bridgehead atoms. The molecule has 1 fully saturated rings. The molecular formula is C13H24N4. The number of likely N-dealkylation sites (tertiary alicyclic amines) is 1. The van der Waals surface area contributed by atoms with E-state index in [1.807, 2.05) is 17.9 Å². The molecule has 1 aromatic rings. The number of piperidine rings is 1. The van der Waals surface area contributed by atoms with Crippen LogP contribution in [0.1, 0.15) is 25.5 Å². The Kier molecular flexibility index (Phi) is 4.18. The summed E-state index contributed by atoms with van der Waals surface area (Å²) in [5.74, 6) is 0.736. The molecule has 96 valence electrons. The molecule has 2 rings (SSSR count). The van der Waals surface area contributed by atoms with Crippen LogP contribution in [0.15, 0.2) is 12.3 Å². The molecule has 2 atom stereocenters. The fourth-order valence-electron chi connectivity index (χ4n) is 2.90. The third kappa shape index (κ3) is 2.87. The molecule has 4 heteroatoms. The van der Waals surface area contributed by atoms with E-state index in [1.165, 1.54) is 25.1 Å². The van der Waals surface area contributed by atoms with E-state index < -0.39 is 0 Å². The van der Waals surface area contributed by atoms with E-state index in [1.54, 1.807) is 0 Å². The fraction of sp³-hybridized carbons (Fsp3) is 0.769. The fourth-order valence-corrected chi connectivity index (χ4v) is 2.90. The third-order valence-corrected chi connectivity index (χ3v) is 4.05. The quantitative estimate of drug-likeness (QED) is 0.849. The van der Waals surface area contributed by atoms with Crippen LogP contribution in [-0.2, 0) is 13.5 Å². The molecule has 0 amide bonds. The number of rotatable bonds is 4. The van der Waals surface area contributed by atoms with Crippen LogP contribution in [-0.4, -0.2) is 40.4 Å². The summed E-state index contributed by atoms with van der Waals surface area (Å²) in [6, 6.07) is 2.67. The molecule has 1 aliphatic heterocycles. The maximum atomic E-state index is 5.90. The average Bonchev–Trinajstić information content (AvgIpc) is 2.72. The van der Waals surface area contributed by atoms with Crippen molar-refractivity contribution in [3.63, 3.8) is 0 Å². The molecule has 2 N–H and O–H groups in total. The highest BCUT2D eigenvalue weighted by Crippen LogP contribution is 2.22. The van der Waals surface area contributed by atoms with Gasteiger partial charge in [-0.2, -0.15) is 5.10 Å². The Balaban J connectivity index is 1.91. The Labute approximate surface area is 104 Å². The van der Waals surface area contributed by atoms with Gasteiger partial charge in [0, 0.05) is 44.5 Å². The second kappa shape index (κ2) is 5.65. The van der Waals surface area contributed by atoms with E-state index in [-0.39, 0.29) is 0 Å². The zero-order valence-electron chi connectivity index (χ0n) is 11.0. The average molecular weight is 236 g/mol. The largest absolute Gasteiger partial charge is 0.329 e. The zero-order chi connectivity index (χ0) is 12.3. The van der Waals surface area contributed by atoms with Gasteiger partial charge in [0.1, 0.15) is 0 Å². The topological polar surface area (TPSA) is 47.1 Å². The first-order valence-electron chi connectivity index (χ1n) is 6.63. The lowest BCUT2D eigenvalue weighted by Gasteiger charge is -2.39. The van der Waals surface area contributed by atoms with E-state index in [0.717, 1.165) is 25.4 Å².